The lowest BCUT2D eigenvalue weighted by Crippen LogP contribution is -2.30. The summed E-state index contributed by atoms with van der Waals surface area (Å²) >= 11 is 0. The van der Waals surface area contributed by atoms with Gasteiger partial charge in [0.05, 0.1) is 4.90 Å². The smallest absolute Gasteiger partial charge is 0.253 e. The van der Waals surface area contributed by atoms with Crippen molar-refractivity contribution in [1.82, 2.24) is 9.62 Å². The first kappa shape index (κ1) is 19.1. The Hall–Kier alpha value is -2.18. The van der Waals surface area contributed by atoms with Crippen LogP contribution in [0.4, 0.5) is 0 Å². The number of hydrogen-bond donors (Lipinski definition) is 1. The molecule has 0 spiro atoms. The standard InChI is InChI=1S/C19H24N2O3S/c1-3-21(4-2)19(22)17-10-12-18(13-11-17)25(23,24)20-15-14-16-8-6-5-7-9-16/h5-13,20H,3-4,14-15H2,1-2H3. The van der Waals surface area contributed by atoms with Gasteiger partial charge >= 0.3 is 0 Å². The van der Waals surface area contributed by atoms with Crippen molar-refractivity contribution < 1.29 is 13.2 Å². The molecule has 0 saturated carbocycles. The molecule has 0 radical (unpaired) electrons. The van der Waals surface area contributed by atoms with Gasteiger partial charge in [-0.25, -0.2) is 13.1 Å². The van der Waals surface area contributed by atoms with Crippen LogP contribution >= 0.6 is 0 Å². The van der Waals surface area contributed by atoms with Crippen LogP contribution in [0.2, 0.25) is 0 Å². The minimum atomic E-state index is -3.58. The van der Waals surface area contributed by atoms with Crippen molar-refractivity contribution in [3.63, 3.8) is 0 Å². The zero-order chi connectivity index (χ0) is 18.3. The van der Waals surface area contributed by atoms with Crippen LogP contribution in [0, 0.1) is 0 Å². The molecule has 0 saturated heterocycles. The van der Waals surface area contributed by atoms with Crippen LogP contribution in [-0.4, -0.2) is 38.9 Å². The molecule has 6 heteroatoms. The van der Waals surface area contributed by atoms with Crippen LogP contribution in [0.3, 0.4) is 0 Å². The lowest BCUT2D eigenvalue weighted by Gasteiger charge is -2.18. The summed E-state index contributed by atoms with van der Waals surface area (Å²) in [5.41, 5.74) is 1.57. The van der Waals surface area contributed by atoms with Gasteiger partial charge in [0, 0.05) is 25.2 Å². The molecule has 0 aromatic heterocycles. The van der Waals surface area contributed by atoms with E-state index in [1.54, 1.807) is 17.0 Å². The summed E-state index contributed by atoms with van der Waals surface area (Å²) in [6.45, 7) is 5.40. The third-order valence-electron chi connectivity index (χ3n) is 4.01. The van der Waals surface area contributed by atoms with Gasteiger partial charge in [-0.1, -0.05) is 30.3 Å². The molecule has 0 heterocycles. The van der Waals surface area contributed by atoms with E-state index in [0.29, 0.717) is 31.6 Å². The molecule has 0 fully saturated rings. The maximum atomic E-state index is 12.3. The highest BCUT2D eigenvalue weighted by Crippen LogP contribution is 2.12. The molecule has 2 aromatic rings. The number of carbonyl (C=O) groups is 1. The van der Waals surface area contributed by atoms with Crippen LogP contribution in [0.5, 0.6) is 0 Å². The first-order chi connectivity index (χ1) is 12.0. The van der Waals surface area contributed by atoms with Crippen molar-refractivity contribution in [3.05, 3.63) is 65.7 Å². The number of hydrogen-bond acceptors (Lipinski definition) is 3. The molecule has 5 nitrogen and oxygen atoms in total. The molecule has 0 aliphatic rings. The molecule has 25 heavy (non-hydrogen) atoms. The van der Waals surface area contributed by atoms with E-state index in [1.165, 1.54) is 12.1 Å². The summed E-state index contributed by atoms with van der Waals surface area (Å²) in [6, 6.07) is 15.8. The van der Waals surface area contributed by atoms with E-state index in [9.17, 15) is 13.2 Å². The highest BCUT2D eigenvalue weighted by Gasteiger charge is 2.16. The summed E-state index contributed by atoms with van der Waals surface area (Å²) in [5, 5.41) is 0. The largest absolute Gasteiger partial charge is 0.339 e. The molecule has 1 amide bonds. The minimum absolute atomic E-state index is 0.0917. The molecular formula is C19H24N2O3S. The van der Waals surface area contributed by atoms with Crippen LogP contribution in [0.15, 0.2) is 59.5 Å². The Kier molecular flexibility index (Phi) is 6.73. The van der Waals surface area contributed by atoms with E-state index < -0.39 is 10.0 Å². The van der Waals surface area contributed by atoms with Crippen LogP contribution in [0.25, 0.3) is 0 Å². The van der Waals surface area contributed by atoms with Crippen molar-refractivity contribution in [1.29, 1.82) is 0 Å². The zero-order valence-corrected chi connectivity index (χ0v) is 15.4. The Morgan fingerprint density at radius 3 is 2.12 bits per heavy atom. The Morgan fingerprint density at radius 2 is 1.56 bits per heavy atom. The molecule has 1 N–H and O–H groups in total. The second-order valence-corrected chi connectivity index (χ2v) is 7.40. The summed E-state index contributed by atoms with van der Waals surface area (Å²) in [5.74, 6) is -0.0917. The highest BCUT2D eigenvalue weighted by atomic mass is 32.2. The summed E-state index contributed by atoms with van der Waals surface area (Å²) in [7, 11) is -3.58. The monoisotopic (exact) mass is 360 g/mol. The molecule has 134 valence electrons. The van der Waals surface area contributed by atoms with Gasteiger partial charge in [0.2, 0.25) is 10.0 Å². The number of nitrogens with one attached hydrogen (secondary N) is 1. The summed E-state index contributed by atoms with van der Waals surface area (Å²) < 4.78 is 27.3. The fourth-order valence-corrected chi connectivity index (χ4v) is 3.56. The number of benzene rings is 2. The van der Waals surface area contributed by atoms with Gasteiger partial charge in [-0.05, 0) is 50.1 Å². The molecule has 0 aliphatic carbocycles. The summed E-state index contributed by atoms with van der Waals surface area (Å²) in [4.78, 5) is 14.1. The average molecular weight is 360 g/mol. The topological polar surface area (TPSA) is 66.5 Å². The van der Waals surface area contributed by atoms with E-state index in [-0.39, 0.29) is 10.8 Å². The van der Waals surface area contributed by atoms with Gasteiger partial charge < -0.3 is 4.90 Å². The van der Waals surface area contributed by atoms with Crippen LogP contribution in [0.1, 0.15) is 29.8 Å². The Bertz CT molecular complexity index is 783. The van der Waals surface area contributed by atoms with Crippen molar-refractivity contribution >= 4 is 15.9 Å². The van der Waals surface area contributed by atoms with E-state index in [0.717, 1.165) is 5.56 Å². The van der Waals surface area contributed by atoms with E-state index >= 15 is 0 Å². The van der Waals surface area contributed by atoms with E-state index in [4.69, 9.17) is 0 Å². The zero-order valence-electron chi connectivity index (χ0n) is 14.6. The number of sulfonamides is 1. The Balaban J connectivity index is 2.01. The van der Waals surface area contributed by atoms with Crippen molar-refractivity contribution in [3.8, 4) is 0 Å². The van der Waals surface area contributed by atoms with Gasteiger partial charge in [0.15, 0.2) is 0 Å². The van der Waals surface area contributed by atoms with Gasteiger partial charge in [-0.2, -0.15) is 0 Å². The van der Waals surface area contributed by atoms with Crippen molar-refractivity contribution in [2.24, 2.45) is 0 Å². The average Bonchev–Trinajstić information content (AvgIpc) is 2.63. The quantitative estimate of drug-likeness (QED) is 0.787. The molecular weight excluding hydrogens is 336 g/mol. The fourth-order valence-electron chi connectivity index (χ4n) is 2.53. The van der Waals surface area contributed by atoms with Gasteiger partial charge in [0.25, 0.3) is 5.91 Å². The van der Waals surface area contributed by atoms with Gasteiger partial charge in [-0.15, -0.1) is 0 Å². The predicted octanol–water partition coefficient (Wildman–Crippen LogP) is 2.69. The molecule has 0 atom stereocenters. The first-order valence-corrected chi connectivity index (χ1v) is 9.89. The third kappa shape index (κ3) is 5.14. The Morgan fingerprint density at radius 1 is 0.960 bits per heavy atom. The molecule has 2 aromatic carbocycles. The second-order valence-electron chi connectivity index (χ2n) is 5.64. The maximum absolute atomic E-state index is 12.3. The Labute approximate surface area is 149 Å². The maximum Gasteiger partial charge on any atom is 0.253 e. The van der Waals surface area contributed by atoms with Gasteiger partial charge in [-0.3, -0.25) is 4.79 Å². The molecule has 2 rings (SSSR count). The van der Waals surface area contributed by atoms with Crippen LogP contribution in [-0.2, 0) is 16.4 Å². The molecule has 0 unspecified atom stereocenters. The molecule has 0 aliphatic heterocycles. The minimum Gasteiger partial charge on any atom is -0.339 e. The number of nitrogens with zero attached hydrogens (tertiary/aromatic N) is 1. The number of rotatable bonds is 8. The number of amides is 1. The lowest BCUT2D eigenvalue weighted by atomic mass is 10.2. The third-order valence-corrected chi connectivity index (χ3v) is 5.49. The van der Waals surface area contributed by atoms with Crippen molar-refractivity contribution in [2.75, 3.05) is 19.6 Å². The fraction of sp³-hybridized carbons (Fsp3) is 0.316. The SMILES string of the molecule is CCN(CC)C(=O)c1ccc(S(=O)(=O)NCCc2ccccc2)cc1. The van der Waals surface area contributed by atoms with Gasteiger partial charge in [0.1, 0.15) is 0 Å². The molecule has 0 bridgehead atoms. The number of carbonyl (C=O) groups excluding carboxylic acids is 1. The van der Waals surface area contributed by atoms with E-state index in [2.05, 4.69) is 4.72 Å². The summed E-state index contributed by atoms with van der Waals surface area (Å²) in [6.07, 6.45) is 0.624. The van der Waals surface area contributed by atoms with Crippen molar-refractivity contribution in [2.45, 2.75) is 25.2 Å². The second kappa shape index (κ2) is 8.78. The normalized spacial score (nSPS) is 11.3. The first-order valence-electron chi connectivity index (χ1n) is 8.41. The highest BCUT2D eigenvalue weighted by molar-refractivity contribution is 7.89. The van der Waals surface area contributed by atoms with Crippen LogP contribution < -0.4 is 4.72 Å². The van der Waals surface area contributed by atoms with E-state index in [1.807, 2.05) is 44.2 Å². The lowest BCUT2D eigenvalue weighted by molar-refractivity contribution is 0.0773. The predicted molar refractivity (Wildman–Crippen MR) is 99.0 cm³/mol.